The molecule has 238 valence electrons. The molecule has 2 aromatic heterocycles. The van der Waals surface area contributed by atoms with Crippen molar-refractivity contribution in [1.82, 2.24) is 25.8 Å². The fraction of sp³-hybridized carbons (Fsp3) is 0.385. The number of nitrogens with zero attached hydrogens (tertiary/aromatic N) is 2. The van der Waals surface area contributed by atoms with Crippen molar-refractivity contribution in [2.24, 2.45) is 0 Å². The molecule has 6 nitrogen and oxygen atoms in total. The summed E-state index contributed by atoms with van der Waals surface area (Å²) in [6.45, 7) is 17.4. The van der Waals surface area contributed by atoms with Gasteiger partial charge in [0.1, 0.15) is 11.3 Å². The number of pyridine rings is 1. The van der Waals surface area contributed by atoms with Crippen molar-refractivity contribution in [2.45, 2.75) is 98.1 Å². The van der Waals surface area contributed by atoms with Crippen LogP contribution in [0.3, 0.4) is 0 Å². The van der Waals surface area contributed by atoms with Crippen LogP contribution in [0, 0.1) is 13.8 Å². The first-order valence-corrected chi connectivity index (χ1v) is 16.7. The van der Waals surface area contributed by atoms with Gasteiger partial charge in [-0.25, -0.2) is 4.98 Å². The highest BCUT2D eigenvalue weighted by atomic mass is 15.1. The maximum atomic E-state index is 6.36. The van der Waals surface area contributed by atoms with Gasteiger partial charge >= 0.3 is 0 Å². The van der Waals surface area contributed by atoms with E-state index in [0.29, 0.717) is 18.4 Å². The summed E-state index contributed by atoms with van der Waals surface area (Å²) in [5, 5.41) is 15.9. The van der Waals surface area contributed by atoms with E-state index in [1.807, 2.05) is 20.0 Å². The number of H-pyrrole nitrogens is 1. The molecule has 0 bridgehead atoms. The van der Waals surface area contributed by atoms with Gasteiger partial charge in [-0.2, -0.15) is 5.10 Å². The average molecular weight is 605 g/mol. The number of unbranched alkanes of at least 4 members (excludes halogenated alkanes) is 2. The third kappa shape index (κ3) is 9.10. The Balaban J connectivity index is 0.00000226. The number of hydrogen-bond acceptors (Lipinski definition) is 5. The second kappa shape index (κ2) is 16.7. The Morgan fingerprint density at radius 1 is 1.02 bits per heavy atom. The minimum atomic E-state index is 0.482. The van der Waals surface area contributed by atoms with E-state index in [0.717, 1.165) is 64.7 Å². The van der Waals surface area contributed by atoms with Gasteiger partial charge in [0.2, 0.25) is 0 Å². The summed E-state index contributed by atoms with van der Waals surface area (Å²) in [6, 6.07) is 15.5. The zero-order chi connectivity index (χ0) is 32.2. The predicted molar refractivity (Wildman–Crippen MR) is 194 cm³/mol. The Morgan fingerprint density at radius 2 is 1.78 bits per heavy atom. The van der Waals surface area contributed by atoms with E-state index in [2.05, 4.69) is 107 Å². The molecular formula is C39H52N6. The predicted octanol–water partition coefficient (Wildman–Crippen LogP) is 9.62. The monoisotopic (exact) mass is 604 g/mol. The zero-order valence-corrected chi connectivity index (χ0v) is 27.8. The first-order valence-electron chi connectivity index (χ1n) is 16.7. The van der Waals surface area contributed by atoms with Gasteiger partial charge in [-0.1, -0.05) is 100 Å². The van der Waals surface area contributed by atoms with Crippen LogP contribution in [0.15, 0.2) is 73.6 Å². The smallest absolute Gasteiger partial charge is 0.135 e. The standard InChI is InChI=1S/C37H46N6.C2H6/c1-25-16-17-26(2)33(22-25)28(4)39-23-29-18-20-30(21-19-29)35-34-36(43-42-35)31(24-40-37(34)38)13-9-6-5-8-12-27(3)41-32-14-10-7-11-15-32;1-2/h9,13,16-22,24,32,39,41H,3-8,10-12,14-15,23H2,1-2H3,(H2,38,40)(H,42,43);1-2H3/b13-9+;. The van der Waals surface area contributed by atoms with Crippen molar-refractivity contribution in [2.75, 3.05) is 5.73 Å². The SMILES string of the molecule is C=C(CCCC/C=C/c1cnc(N)c2c(-c3ccc(CNC(=C)c4cc(C)ccc4C)cc3)[nH]nc12)NC1CCCCC1.CC. The van der Waals surface area contributed by atoms with Gasteiger partial charge in [0.15, 0.2) is 0 Å². The fourth-order valence-corrected chi connectivity index (χ4v) is 5.97. The lowest BCUT2D eigenvalue weighted by atomic mass is 9.95. The molecule has 1 aliphatic rings. The molecule has 0 atom stereocenters. The lowest BCUT2D eigenvalue weighted by Crippen LogP contribution is -2.29. The number of nitrogens with one attached hydrogen (secondary N) is 3. The Labute approximate surface area is 270 Å². The quantitative estimate of drug-likeness (QED) is 0.114. The number of allylic oxidation sites excluding steroid dienone is 2. The van der Waals surface area contributed by atoms with Crippen LogP contribution in [0.4, 0.5) is 5.82 Å². The van der Waals surface area contributed by atoms with Crippen molar-refractivity contribution in [3.63, 3.8) is 0 Å². The third-order valence-corrected chi connectivity index (χ3v) is 8.52. The average Bonchev–Trinajstić information content (AvgIpc) is 3.52. The van der Waals surface area contributed by atoms with Crippen LogP contribution in [0.5, 0.6) is 0 Å². The second-order valence-electron chi connectivity index (χ2n) is 12.0. The normalized spacial score (nSPS) is 13.4. The van der Waals surface area contributed by atoms with Crippen molar-refractivity contribution in [3.05, 3.63) is 101 Å². The van der Waals surface area contributed by atoms with E-state index in [1.54, 1.807) is 0 Å². The molecule has 1 saturated carbocycles. The van der Waals surface area contributed by atoms with Gasteiger partial charge < -0.3 is 16.4 Å². The van der Waals surface area contributed by atoms with Crippen molar-refractivity contribution < 1.29 is 0 Å². The van der Waals surface area contributed by atoms with Gasteiger partial charge in [0, 0.05) is 46.9 Å². The summed E-state index contributed by atoms with van der Waals surface area (Å²) >= 11 is 0. The highest BCUT2D eigenvalue weighted by Crippen LogP contribution is 2.32. The maximum absolute atomic E-state index is 6.36. The van der Waals surface area contributed by atoms with Crippen molar-refractivity contribution in [1.29, 1.82) is 0 Å². The number of rotatable bonds is 13. The largest absolute Gasteiger partial charge is 0.386 e. The molecule has 2 heterocycles. The van der Waals surface area contributed by atoms with Crippen molar-refractivity contribution >= 4 is 28.5 Å². The van der Waals surface area contributed by atoms with Crippen LogP contribution in [-0.2, 0) is 6.54 Å². The molecule has 0 amide bonds. The molecule has 5 N–H and O–H groups in total. The van der Waals surface area contributed by atoms with Gasteiger partial charge in [-0.15, -0.1) is 0 Å². The molecule has 1 fully saturated rings. The summed E-state index contributed by atoms with van der Waals surface area (Å²) in [6.07, 6.45) is 17.1. The number of fused-ring (bicyclic) bond motifs is 1. The van der Waals surface area contributed by atoms with E-state index in [4.69, 9.17) is 5.73 Å². The second-order valence-corrected chi connectivity index (χ2v) is 12.0. The van der Waals surface area contributed by atoms with E-state index in [1.165, 1.54) is 54.5 Å². The van der Waals surface area contributed by atoms with E-state index in [9.17, 15) is 0 Å². The van der Waals surface area contributed by atoms with Crippen LogP contribution >= 0.6 is 0 Å². The number of aryl methyl sites for hydroxylation is 2. The molecule has 0 unspecified atom stereocenters. The van der Waals surface area contributed by atoms with Crippen LogP contribution in [0.2, 0.25) is 0 Å². The van der Waals surface area contributed by atoms with Gasteiger partial charge in [0.25, 0.3) is 0 Å². The number of aromatic amines is 1. The van der Waals surface area contributed by atoms with E-state index < -0.39 is 0 Å². The number of benzene rings is 2. The fourth-order valence-electron chi connectivity index (χ4n) is 5.97. The molecule has 0 radical (unpaired) electrons. The van der Waals surface area contributed by atoms with Crippen LogP contribution < -0.4 is 16.4 Å². The summed E-state index contributed by atoms with van der Waals surface area (Å²) in [5.74, 6) is 0.482. The molecule has 0 spiro atoms. The molecule has 0 aliphatic heterocycles. The summed E-state index contributed by atoms with van der Waals surface area (Å²) in [7, 11) is 0. The molecule has 6 heteroatoms. The molecule has 5 rings (SSSR count). The summed E-state index contributed by atoms with van der Waals surface area (Å²) in [5.41, 5.74) is 17.0. The number of nitrogens with two attached hydrogens (primary N) is 1. The van der Waals surface area contributed by atoms with Gasteiger partial charge in [-0.3, -0.25) is 5.10 Å². The molecular weight excluding hydrogens is 552 g/mol. The number of hydrogen-bond donors (Lipinski definition) is 4. The topological polar surface area (TPSA) is 91.6 Å². The first-order chi connectivity index (χ1) is 21.9. The Morgan fingerprint density at radius 3 is 2.53 bits per heavy atom. The molecule has 4 aromatic rings. The Bertz CT molecular complexity index is 1590. The Kier molecular flexibility index (Phi) is 12.4. The van der Waals surface area contributed by atoms with Gasteiger partial charge in [0.05, 0.1) is 11.1 Å². The van der Waals surface area contributed by atoms with Crippen molar-refractivity contribution in [3.8, 4) is 11.3 Å². The van der Waals surface area contributed by atoms with Crippen LogP contribution in [-0.4, -0.2) is 21.2 Å². The molecule has 1 aliphatic carbocycles. The van der Waals surface area contributed by atoms with E-state index in [-0.39, 0.29) is 0 Å². The van der Waals surface area contributed by atoms with Crippen LogP contribution in [0.1, 0.15) is 99.5 Å². The molecule has 0 saturated heterocycles. The number of nitrogen functional groups attached to an aromatic ring is 1. The highest BCUT2D eigenvalue weighted by molar-refractivity contribution is 6.03. The molecule has 2 aromatic carbocycles. The maximum Gasteiger partial charge on any atom is 0.135 e. The summed E-state index contributed by atoms with van der Waals surface area (Å²) in [4.78, 5) is 4.49. The number of anilines is 1. The lowest BCUT2D eigenvalue weighted by molar-refractivity contribution is 0.392. The minimum Gasteiger partial charge on any atom is -0.386 e. The third-order valence-electron chi connectivity index (χ3n) is 8.52. The van der Waals surface area contributed by atoms with Crippen LogP contribution in [0.25, 0.3) is 33.9 Å². The number of aromatic nitrogens is 3. The lowest BCUT2D eigenvalue weighted by Gasteiger charge is -2.24. The van der Waals surface area contributed by atoms with Gasteiger partial charge in [-0.05, 0) is 69.6 Å². The minimum absolute atomic E-state index is 0.482. The zero-order valence-electron chi connectivity index (χ0n) is 27.8. The Hall–Kier alpha value is -4.32. The molecule has 45 heavy (non-hydrogen) atoms. The summed E-state index contributed by atoms with van der Waals surface area (Å²) < 4.78 is 0. The first kappa shape index (κ1) is 33.6. The van der Waals surface area contributed by atoms with E-state index >= 15 is 0 Å². The highest BCUT2D eigenvalue weighted by Gasteiger charge is 2.15.